The zero-order chi connectivity index (χ0) is 12.4. The van der Waals surface area contributed by atoms with Crippen LogP contribution in [0.3, 0.4) is 0 Å². The molecule has 0 rings (SSSR count). The molecule has 0 amide bonds. The summed E-state index contributed by atoms with van der Waals surface area (Å²) in [5.74, 6) is 4.25. The highest BCUT2D eigenvalue weighted by molar-refractivity contribution is 7.99. The smallest absolute Gasteiger partial charge is 0.0183 e. The van der Waals surface area contributed by atoms with Gasteiger partial charge in [0.2, 0.25) is 0 Å². The summed E-state index contributed by atoms with van der Waals surface area (Å²) < 4.78 is 0. The lowest BCUT2D eigenvalue weighted by Crippen LogP contribution is -2.37. The van der Waals surface area contributed by atoms with E-state index in [-0.39, 0.29) is 0 Å². The predicted octanol–water partition coefficient (Wildman–Crippen LogP) is 4.18. The lowest BCUT2D eigenvalue weighted by atomic mass is 10.0. The molecule has 0 aromatic heterocycles. The minimum Gasteiger partial charge on any atom is -0.313 e. The van der Waals surface area contributed by atoms with Crippen LogP contribution in [0.1, 0.15) is 53.9 Å². The maximum atomic E-state index is 3.69. The Bertz CT molecular complexity index is 148. The van der Waals surface area contributed by atoms with Crippen LogP contribution in [0.2, 0.25) is 0 Å². The van der Waals surface area contributed by atoms with E-state index in [4.69, 9.17) is 0 Å². The summed E-state index contributed by atoms with van der Waals surface area (Å²) in [6, 6.07) is 0.710. The first-order chi connectivity index (χ1) is 7.61. The van der Waals surface area contributed by atoms with Crippen molar-refractivity contribution in [2.45, 2.75) is 59.9 Å². The van der Waals surface area contributed by atoms with Gasteiger partial charge in [0.15, 0.2) is 0 Å². The topological polar surface area (TPSA) is 12.0 Å². The summed E-state index contributed by atoms with van der Waals surface area (Å²) in [4.78, 5) is 0. The molecule has 0 aliphatic carbocycles. The van der Waals surface area contributed by atoms with Crippen molar-refractivity contribution in [3.63, 3.8) is 0 Å². The molecular weight excluding hydrogens is 214 g/mol. The van der Waals surface area contributed by atoms with Gasteiger partial charge in [0.1, 0.15) is 0 Å². The highest BCUT2D eigenvalue weighted by Crippen LogP contribution is 2.16. The molecule has 0 saturated carbocycles. The molecule has 16 heavy (non-hydrogen) atoms. The molecule has 0 aliphatic heterocycles. The van der Waals surface area contributed by atoms with Gasteiger partial charge in [-0.1, -0.05) is 41.0 Å². The van der Waals surface area contributed by atoms with Gasteiger partial charge in [0, 0.05) is 11.8 Å². The molecule has 0 aromatic carbocycles. The Morgan fingerprint density at radius 3 is 2.31 bits per heavy atom. The number of rotatable bonds is 10. The van der Waals surface area contributed by atoms with E-state index in [0.29, 0.717) is 6.04 Å². The van der Waals surface area contributed by atoms with Gasteiger partial charge in [0.25, 0.3) is 0 Å². The molecule has 0 aliphatic rings. The second-order valence-electron chi connectivity index (χ2n) is 5.20. The van der Waals surface area contributed by atoms with Gasteiger partial charge in [-0.2, -0.15) is 11.8 Å². The van der Waals surface area contributed by atoms with Crippen LogP contribution in [-0.4, -0.2) is 24.1 Å². The van der Waals surface area contributed by atoms with Gasteiger partial charge < -0.3 is 5.32 Å². The standard InChI is InChI=1S/C14H31NS/c1-6-9-15-14(13(5)7-2)11-16-10-8-12(3)4/h12-15H,6-11H2,1-5H3. The fourth-order valence-electron chi connectivity index (χ4n) is 1.57. The summed E-state index contributed by atoms with van der Waals surface area (Å²) in [5.41, 5.74) is 0. The van der Waals surface area contributed by atoms with E-state index in [2.05, 4.69) is 51.7 Å². The predicted molar refractivity (Wildman–Crippen MR) is 78.3 cm³/mol. The number of hydrogen-bond acceptors (Lipinski definition) is 2. The molecule has 0 saturated heterocycles. The summed E-state index contributed by atoms with van der Waals surface area (Å²) in [6.45, 7) is 12.7. The normalized spacial score (nSPS) is 15.4. The Balaban J connectivity index is 3.73. The van der Waals surface area contributed by atoms with Gasteiger partial charge in [-0.3, -0.25) is 0 Å². The first-order valence-electron chi connectivity index (χ1n) is 6.92. The molecular formula is C14H31NS. The second kappa shape index (κ2) is 10.5. The van der Waals surface area contributed by atoms with Crippen molar-refractivity contribution in [3.05, 3.63) is 0 Å². The third kappa shape index (κ3) is 8.46. The van der Waals surface area contributed by atoms with E-state index in [0.717, 1.165) is 11.8 Å². The van der Waals surface area contributed by atoms with Crippen molar-refractivity contribution in [2.75, 3.05) is 18.1 Å². The van der Waals surface area contributed by atoms with Crippen LogP contribution in [0, 0.1) is 11.8 Å². The first-order valence-corrected chi connectivity index (χ1v) is 8.08. The van der Waals surface area contributed by atoms with Crippen molar-refractivity contribution in [1.82, 2.24) is 5.32 Å². The van der Waals surface area contributed by atoms with Gasteiger partial charge >= 0.3 is 0 Å². The summed E-state index contributed by atoms with van der Waals surface area (Å²) >= 11 is 2.12. The fraction of sp³-hybridized carbons (Fsp3) is 1.00. The number of thioether (sulfide) groups is 1. The largest absolute Gasteiger partial charge is 0.313 e. The van der Waals surface area contributed by atoms with Crippen molar-refractivity contribution in [2.24, 2.45) is 11.8 Å². The molecule has 0 aromatic rings. The van der Waals surface area contributed by atoms with Crippen molar-refractivity contribution < 1.29 is 0 Å². The summed E-state index contributed by atoms with van der Waals surface area (Å²) in [5, 5.41) is 3.69. The van der Waals surface area contributed by atoms with Crippen LogP contribution in [0.4, 0.5) is 0 Å². The lowest BCUT2D eigenvalue weighted by Gasteiger charge is -2.24. The Kier molecular flexibility index (Phi) is 10.7. The van der Waals surface area contributed by atoms with Crippen molar-refractivity contribution in [1.29, 1.82) is 0 Å². The quantitative estimate of drug-likeness (QED) is 0.580. The average molecular weight is 245 g/mol. The van der Waals surface area contributed by atoms with Crippen LogP contribution in [-0.2, 0) is 0 Å². The van der Waals surface area contributed by atoms with E-state index in [1.807, 2.05) is 0 Å². The molecule has 1 N–H and O–H groups in total. The third-order valence-corrected chi connectivity index (χ3v) is 4.24. The summed E-state index contributed by atoms with van der Waals surface area (Å²) in [6.07, 6.45) is 3.88. The maximum absolute atomic E-state index is 3.69. The zero-order valence-electron chi connectivity index (χ0n) is 11.9. The highest BCUT2D eigenvalue weighted by atomic mass is 32.2. The Morgan fingerprint density at radius 1 is 1.12 bits per heavy atom. The van der Waals surface area contributed by atoms with Crippen LogP contribution in [0.5, 0.6) is 0 Å². The third-order valence-electron chi connectivity index (χ3n) is 3.12. The summed E-state index contributed by atoms with van der Waals surface area (Å²) in [7, 11) is 0. The van der Waals surface area contributed by atoms with E-state index >= 15 is 0 Å². The molecule has 2 unspecified atom stereocenters. The van der Waals surface area contributed by atoms with Gasteiger partial charge in [-0.25, -0.2) is 0 Å². The molecule has 0 bridgehead atoms. The molecule has 98 valence electrons. The second-order valence-corrected chi connectivity index (χ2v) is 6.35. The number of hydrogen-bond donors (Lipinski definition) is 1. The van der Waals surface area contributed by atoms with Gasteiger partial charge in [0.05, 0.1) is 0 Å². The van der Waals surface area contributed by atoms with E-state index in [1.54, 1.807) is 0 Å². The molecule has 2 heteroatoms. The lowest BCUT2D eigenvalue weighted by molar-refractivity contribution is 0.397. The van der Waals surface area contributed by atoms with E-state index in [9.17, 15) is 0 Å². The molecule has 0 heterocycles. The zero-order valence-corrected chi connectivity index (χ0v) is 12.7. The maximum Gasteiger partial charge on any atom is 0.0183 e. The molecule has 2 atom stereocenters. The highest BCUT2D eigenvalue weighted by Gasteiger charge is 2.14. The van der Waals surface area contributed by atoms with Crippen LogP contribution in [0.15, 0.2) is 0 Å². The van der Waals surface area contributed by atoms with E-state index < -0.39 is 0 Å². The van der Waals surface area contributed by atoms with Gasteiger partial charge in [-0.15, -0.1) is 0 Å². The van der Waals surface area contributed by atoms with Crippen molar-refractivity contribution >= 4 is 11.8 Å². The van der Waals surface area contributed by atoms with Crippen molar-refractivity contribution in [3.8, 4) is 0 Å². The Labute approximate surface area is 107 Å². The first kappa shape index (κ1) is 16.3. The minimum absolute atomic E-state index is 0.710. The minimum atomic E-state index is 0.710. The number of nitrogens with one attached hydrogen (secondary N) is 1. The Morgan fingerprint density at radius 2 is 1.81 bits per heavy atom. The Hall–Kier alpha value is 0.310. The van der Waals surface area contributed by atoms with Gasteiger partial charge in [-0.05, 0) is 37.0 Å². The van der Waals surface area contributed by atoms with Crippen LogP contribution < -0.4 is 5.32 Å². The van der Waals surface area contributed by atoms with E-state index in [1.165, 1.54) is 37.3 Å². The molecule has 0 radical (unpaired) electrons. The van der Waals surface area contributed by atoms with Crippen LogP contribution >= 0.6 is 11.8 Å². The monoisotopic (exact) mass is 245 g/mol. The average Bonchev–Trinajstić information content (AvgIpc) is 2.26. The SMILES string of the molecule is CCCNC(CSCCC(C)C)C(C)CC. The van der Waals surface area contributed by atoms with Crippen LogP contribution in [0.25, 0.3) is 0 Å². The molecule has 0 spiro atoms. The molecule has 0 fully saturated rings. The molecule has 1 nitrogen and oxygen atoms in total. The fourth-order valence-corrected chi connectivity index (χ4v) is 3.07.